The summed E-state index contributed by atoms with van der Waals surface area (Å²) in [5.74, 6) is 0. The van der Waals surface area contributed by atoms with Gasteiger partial charge in [0.05, 0.1) is 11.1 Å². The Morgan fingerprint density at radius 1 is 0.889 bits per heavy atom. The second-order valence-electron chi connectivity index (χ2n) is 4.08. The molecule has 4 heteroatoms. The number of aromatic nitrogens is 1. The molecule has 90 valence electrons. The van der Waals surface area contributed by atoms with Gasteiger partial charge in [-0.1, -0.05) is 30.3 Å². The van der Waals surface area contributed by atoms with E-state index in [2.05, 4.69) is 4.98 Å². The standard InChI is InChI=1S/C14H8F3N/c15-14(16,17)10-7-12-11-4-2-1-3-9(11)5-6-13(12)18-8-10/h1-8H. The lowest BCUT2D eigenvalue weighted by molar-refractivity contribution is -0.137. The molecule has 3 aromatic rings. The zero-order valence-electron chi connectivity index (χ0n) is 9.20. The molecule has 0 aliphatic heterocycles. The van der Waals surface area contributed by atoms with Gasteiger partial charge >= 0.3 is 6.18 Å². The quantitative estimate of drug-likeness (QED) is 0.536. The third-order valence-corrected chi connectivity index (χ3v) is 2.92. The topological polar surface area (TPSA) is 12.9 Å². The Morgan fingerprint density at radius 2 is 1.67 bits per heavy atom. The van der Waals surface area contributed by atoms with Gasteiger partial charge in [0.15, 0.2) is 0 Å². The minimum absolute atomic E-state index is 0.530. The van der Waals surface area contributed by atoms with E-state index in [-0.39, 0.29) is 0 Å². The van der Waals surface area contributed by atoms with Gasteiger partial charge in [0, 0.05) is 11.6 Å². The van der Waals surface area contributed by atoms with Gasteiger partial charge in [0.1, 0.15) is 0 Å². The Balaban J connectivity index is 2.40. The summed E-state index contributed by atoms with van der Waals surface area (Å²) in [4.78, 5) is 3.88. The fraction of sp³-hybridized carbons (Fsp3) is 0.0714. The Hall–Kier alpha value is -2.10. The maximum atomic E-state index is 12.7. The average molecular weight is 247 g/mol. The summed E-state index contributed by atoms with van der Waals surface area (Å²) in [6.07, 6.45) is -3.49. The van der Waals surface area contributed by atoms with Crippen molar-refractivity contribution < 1.29 is 13.2 Å². The van der Waals surface area contributed by atoms with E-state index < -0.39 is 11.7 Å². The molecular formula is C14H8F3N. The molecule has 0 aliphatic rings. The van der Waals surface area contributed by atoms with Crippen LogP contribution in [-0.2, 0) is 6.18 Å². The molecule has 1 aromatic heterocycles. The van der Waals surface area contributed by atoms with Crippen LogP contribution in [0.15, 0.2) is 48.7 Å². The SMILES string of the molecule is FC(F)(F)c1cnc2ccc3ccccc3c2c1. The average Bonchev–Trinajstić information content (AvgIpc) is 2.37. The van der Waals surface area contributed by atoms with E-state index in [1.165, 1.54) is 0 Å². The van der Waals surface area contributed by atoms with Crippen LogP contribution in [0.25, 0.3) is 21.7 Å². The van der Waals surface area contributed by atoms with Gasteiger partial charge < -0.3 is 0 Å². The van der Waals surface area contributed by atoms with Crippen LogP contribution in [-0.4, -0.2) is 4.98 Å². The first-order chi connectivity index (χ1) is 8.55. The lowest BCUT2D eigenvalue weighted by Gasteiger charge is -2.08. The van der Waals surface area contributed by atoms with Crippen molar-refractivity contribution in [3.63, 3.8) is 0 Å². The molecule has 1 heterocycles. The number of hydrogen-bond acceptors (Lipinski definition) is 1. The van der Waals surface area contributed by atoms with Crippen molar-refractivity contribution in [2.24, 2.45) is 0 Å². The fourth-order valence-electron chi connectivity index (χ4n) is 2.04. The van der Waals surface area contributed by atoms with Crippen LogP contribution in [0.5, 0.6) is 0 Å². The monoisotopic (exact) mass is 247 g/mol. The normalized spacial score (nSPS) is 12.2. The molecular weight excluding hydrogens is 239 g/mol. The molecule has 0 bridgehead atoms. The first kappa shape index (κ1) is 11.0. The summed E-state index contributed by atoms with van der Waals surface area (Å²) in [6.45, 7) is 0. The summed E-state index contributed by atoms with van der Waals surface area (Å²) in [6, 6.07) is 12.1. The van der Waals surface area contributed by atoms with Crippen molar-refractivity contribution >= 4 is 21.7 Å². The van der Waals surface area contributed by atoms with Gasteiger partial charge in [-0.2, -0.15) is 13.2 Å². The molecule has 3 rings (SSSR count). The maximum absolute atomic E-state index is 12.7. The zero-order chi connectivity index (χ0) is 12.8. The Morgan fingerprint density at radius 3 is 2.44 bits per heavy atom. The predicted molar refractivity (Wildman–Crippen MR) is 64.3 cm³/mol. The van der Waals surface area contributed by atoms with Crippen LogP contribution in [0.4, 0.5) is 13.2 Å². The Labute approximate surface area is 101 Å². The molecule has 1 nitrogen and oxygen atoms in total. The van der Waals surface area contributed by atoms with E-state index in [9.17, 15) is 13.2 Å². The third kappa shape index (κ3) is 1.70. The summed E-state index contributed by atoms with van der Waals surface area (Å²) >= 11 is 0. The number of pyridine rings is 1. The molecule has 18 heavy (non-hydrogen) atoms. The van der Waals surface area contributed by atoms with Crippen molar-refractivity contribution in [1.82, 2.24) is 4.98 Å². The highest BCUT2D eigenvalue weighted by atomic mass is 19.4. The second kappa shape index (κ2) is 3.70. The van der Waals surface area contributed by atoms with Crippen LogP contribution in [0.1, 0.15) is 5.56 Å². The van der Waals surface area contributed by atoms with Gasteiger partial charge in [0.2, 0.25) is 0 Å². The highest BCUT2D eigenvalue weighted by Crippen LogP contribution is 2.32. The number of fused-ring (bicyclic) bond motifs is 3. The zero-order valence-corrected chi connectivity index (χ0v) is 9.20. The first-order valence-corrected chi connectivity index (χ1v) is 5.40. The number of alkyl halides is 3. The Kier molecular flexibility index (Phi) is 2.26. The molecule has 0 atom stereocenters. The molecule has 0 saturated carbocycles. The Bertz CT molecular complexity index is 732. The van der Waals surface area contributed by atoms with Crippen LogP contribution in [0.3, 0.4) is 0 Å². The summed E-state index contributed by atoms with van der Waals surface area (Å²) in [5.41, 5.74) is -0.145. The number of rotatable bonds is 0. The summed E-state index contributed by atoms with van der Waals surface area (Å²) in [5, 5.41) is 2.22. The van der Waals surface area contributed by atoms with Crippen molar-refractivity contribution in [1.29, 1.82) is 0 Å². The number of benzene rings is 2. The lowest BCUT2D eigenvalue weighted by Crippen LogP contribution is -2.05. The minimum atomic E-state index is -4.36. The van der Waals surface area contributed by atoms with E-state index in [1.807, 2.05) is 24.3 Å². The van der Waals surface area contributed by atoms with Gasteiger partial charge in [-0.15, -0.1) is 0 Å². The molecule has 0 aliphatic carbocycles. The van der Waals surface area contributed by atoms with Gasteiger partial charge in [-0.25, -0.2) is 0 Å². The van der Waals surface area contributed by atoms with Crippen molar-refractivity contribution in [3.05, 3.63) is 54.2 Å². The predicted octanol–water partition coefficient (Wildman–Crippen LogP) is 4.41. The van der Waals surface area contributed by atoms with Gasteiger partial charge in [-0.3, -0.25) is 4.98 Å². The van der Waals surface area contributed by atoms with Crippen LogP contribution >= 0.6 is 0 Å². The summed E-state index contributed by atoms with van der Waals surface area (Å²) in [7, 11) is 0. The van der Waals surface area contributed by atoms with Crippen molar-refractivity contribution in [3.8, 4) is 0 Å². The molecule has 0 saturated heterocycles. The lowest BCUT2D eigenvalue weighted by atomic mass is 10.0. The van der Waals surface area contributed by atoms with Crippen LogP contribution in [0.2, 0.25) is 0 Å². The maximum Gasteiger partial charge on any atom is 0.417 e. The van der Waals surface area contributed by atoms with Crippen LogP contribution in [0, 0.1) is 0 Å². The van der Waals surface area contributed by atoms with E-state index >= 15 is 0 Å². The van der Waals surface area contributed by atoms with Gasteiger partial charge in [0.25, 0.3) is 0 Å². The number of nitrogens with zero attached hydrogens (tertiary/aromatic N) is 1. The van der Waals surface area contributed by atoms with E-state index in [1.54, 1.807) is 12.1 Å². The molecule has 0 radical (unpaired) electrons. The molecule has 0 spiro atoms. The van der Waals surface area contributed by atoms with Crippen molar-refractivity contribution in [2.45, 2.75) is 6.18 Å². The fourth-order valence-corrected chi connectivity index (χ4v) is 2.04. The van der Waals surface area contributed by atoms with E-state index in [0.29, 0.717) is 10.9 Å². The minimum Gasteiger partial charge on any atom is -0.256 e. The molecule has 0 unspecified atom stereocenters. The largest absolute Gasteiger partial charge is 0.417 e. The molecule has 0 fully saturated rings. The smallest absolute Gasteiger partial charge is 0.256 e. The number of halogens is 3. The van der Waals surface area contributed by atoms with Crippen LogP contribution < -0.4 is 0 Å². The molecule has 2 aromatic carbocycles. The highest BCUT2D eigenvalue weighted by molar-refractivity contribution is 6.06. The first-order valence-electron chi connectivity index (χ1n) is 5.40. The van der Waals surface area contributed by atoms with E-state index in [0.717, 1.165) is 23.0 Å². The van der Waals surface area contributed by atoms with E-state index in [4.69, 9.17) is 0 Å². The highest BCUT2D eigenvalue weighted by Gasteiger charge is 2.31. The summed E-state index contributed by atoms with van der Waals surface area (Å²) < 4.78 is 38.0. The molecule has 0 N–H and O–H groups in total. The third-order valence-electron chi connectivity index (χ3n) is 2.92. The molecule has 0 amide bonds. The number of hydrogen-bond donors (Lipinski definition) is 0. The van der Waals surface area contributed by atoms with Gasteiger partial charge in [-0.05, 0) is 22.9 Å². The second-order valence-corrected chi connectivity index (χ2v) is 4.08. The van der Waals surface area contributed by atoms with Crippen molar-refractivity contribution in [2.75, 3.05) is 0 Å².